The van der Waals surface area contributed by atoms with Gasteiger partial charge >= 0.3 is 0 Å². The van der Waals surface area contributed by atoms with Gasteiger partial charge in [-0.15, -0.1) is 0 Å². The average molecular weight is 525 g/mol. The number of pyridine rings is 2. The molecule has 2 aromatic heterocycles. The number of carbonyl (C=O) groups excluding carboxylic acids is 2. The molecule has 2 rings (SSSR count). The summed E-state index contributed by atoms with van der Waals surface area (Å²) in [6.07, 6.45) is 23.2. The Morgan fingerprint density at radius 1 is 0.526 bits per heavy atom. The second kappa shape index (κ2) is 20.5. The number of aromatic nitrogens is 2. The van der Waals surface area contributed by atoms with Gasteiger partial charge in [-0.25, -0.2) is 9.97 Å². The first-order valence-corrected chi connectivity index (χ1v) is 15.5. The maximum absolute atomic E-state index is 12.4. The van der Waals surface area contributed by atoms with Gasteiger partial charge in [-0.1, -0.05) is 117 Å². The highest BCUT2D eigenvalue weighted by atomic mass is 16.2. The minimum atomic E-state index is -0.00906. The largest absolute Gasteiger partial charge is 0.311 e. The van der Waals surface area contributed by atoms with Gasteiger partial charge in [0.15, 0.2) is 5.65 Å². The summed E-state index contributed by atoms with van der Waals surface area (Å²) in [4.78, 5) is 33.7. The van der Waals surface area contributed by atoms with Gasteiger partial charge in [0.25, 0.3) is 0 Å². The second-order valence-corrected chi connectivity index (χ2v) is 10.7. The molecule has 0 fully saturated rings. The molecule has 6 nitrogen and oxygen atoms in total. The summed E-state index contributed by atoms with van der Waals surface area (Å²) in [6.45, 7) is 4.48. The molecule has 0 aliphatic carbocycles. The van der Waals surface area contributed by atoms with Crippen molar-refractivity contribution in [1.29, 1.82) is 0 Å². The summed E-state index contributed by atoms with van der Waals surface area (Å²) in [6, 6.07) is 7.41. The zero-order valence-corrected chi connectivity index (χ0v) is 24.2. The Balaban J connectivity index is 1.66. The van der Waals surface area contributed by atoms with E-state index in [0.29, 0.717) is 30.1 Å². The average Bonchev–Trinajstić information content (AvgIpc) is 2.91. The number of amides is 2. The third-order valence-corrected chi connectivity index (χ3v) is 7.10. The van der Waals surface area contributed by atoms with Crippen LogP contribution in [-0.4, -0.2) is 21.8 Å². The Morgan fingerprint density at radius 2 is 0.868 bits per heavy atom. The molecule has 2 N–H and O–H groups in total. The Bertz CT molecular complexity index is 860. The molecule has 38 heavy (non-hydrogen) atoms. The zero-order chi connectivity index (χ0) is 27.3. The monoisotopic (exact) mass is 524 g/mol. The quantitative estimate of drug-likeness (QED) is 0.150. The summed E-state index contributed by atoms with van der Waals surface area (Å²) in [5.74, 6) is 0.989. The molecule has 0 aliphatic heterocycles. The summed E-state index contributed by atoms with van der Waals surface area (Å²) >= 11 is 0. The van der Waals surface area contributed by atoms with Crippen LogP contribution < -0.4 is 10.6 Å². The highest BCUT2D eigenvalue weighted by molar-refractivity contribution is 5.92. The number of fused-ring (bicyclic) bond motifs is 1. The van der Waals surface area contributed by atoms with Crippen molar-refractivity contribution in [3.8, 4) is 0 Å². The van der Waals surface area contributed by atoms with Crippen LogP contribution in [0.15, 0.2) is 24.3 Å². The Kier molecular flexibility index (Phi) is 17.1. The Labute approximate surface area is 231 Å². The summed E-state index contributed by atoms with van der Waals surface area (Å²) in [7, 11) is 0. The summed E-state index contributed by atoms with van der Waals surface area (Å²) < 4.78 is 0. The van der Waals surface area contributed by atoms with Crippen molar-refractivity contribution in [3.05, 3.63) is 24.3 Å². The van der Waals surface area contributed by atoms with Crippen LogP contribution in [0.2, 0.25) is 0 Å². The van der Waals surface area contributed by atoms with E-state index in [4.69, 9.17) is 0 Å². The third-order valence-electron chi connectivity index (χ3n) is 7.10. The van der Waals surface area contributed by atoms with Gasteiger partial charge in [0.05, 0.1) is 0 Å². The van der Waals surface area contributed by atoms with Crippen LogP contribution in [0.3, 0.4) is 0 Å². The molecule has 6 heteroatoms. The van der Waals surface area contributed by atoms with Crippen LogP contribution in [0.1, 0.15) is 142 Å². The summed E-state index contributed by atoms with van der Waals surface area (Å²) in [5, 5.41) is 6.68. The van der Waals surface area contributed by atoms with Crippen LogP contribution in [0.25, 0.3) is 11.0 Å². The molecule has 0 unspecified atom stereocenters. The van der Waals surface area contributed by atoms with Gasteiger partial charge in [0, 0.05) is 18.2 Å². The molecule has 0 radical (unpaired) electrons. The van der Waals surface area contributed by atoms with Crippen LogP contribution in [-0.2, 0) is 9.59 Å². The minimum absolute atomic E-state index is 0.00906. The fourth-order valence-electron chi connectivity index (χ4n) is 4.74. The van der Waals surface area contributed by atoms with Crippen molar-refractivity contribution in [2.24, 2.45) is 0 Å². The molecule has 0 aromatic carbocycles. The first-order valence-electron chi connectivity index (χ1n) is 15.5. The van der Waals surface area contributed by atoms with E-state index in [0.717, 1.165) is 31.1 Å². The number of hydrogen-bond acceptors (Lipinski definition) is 4. The molecule has 0 saturated heterocycles. The van der Waals surface area contributed by atoms with E-state index < -0.39 is 0 Å². The SMILES string of the molecule is CCCCCCCCCCCC(=O)Nc1ccc2ccc(NC(=O)CCCCCCCCCCC)nc2n1. The normalized spacial score (nSPS) is 11.1. The van der Waals surface area contributed by atoms with E-state index >= 15 is 0 Å². The van der Waals surface area contributed by atoms with E-state index in [2.05, 4.69) is 34.4 Å². The van der Waals surface area contributed by atoms with Crippen LogP contribution in [0.4, 0.5) is 11.6 Å². The minimum Gasteiger partial charge on any atom is -0.311 e. The molecule has 2 heterocycles. The van der Waals surface area contributed by atoms with Gasteiger partial charge in [-0.3, -0.25) is 9.59 Å². The number of unbranched alkanes of at least 4 members (excludes halogenated alkanes) is 16. The number of hydrogen-bond donors (Lipinski definition) is 2. The lowest BCUT2D eigenvalue weighted by atomic mass is 10.1. The summed E-state index contributed by atoms with van der Waals surface area (Å²) in [5.41, 5.74) is 0.520. The molecular formula is C32H52N4O2. The van der Waals surface area contributed by atoms with Crippen molar-refractivity contribution in [1.82, 2.24) is 9.97 Å². The molecular weight excluding hydrogens is 472 g/mol. The van der Waals surface area contributed by atoms with E-state index in [1.165, 1.54) is 89.9 Å². The van der Waals surface area contributed by atoms with Crippen molar-refractivity contribution in [2.45, 2.75) is 142 Å². The van der Waals surface area contributed by atoms with Gasteiger partial charge in [0.2, 0.25) is 11.8 Å². The van der Waals surface area contributed by atoms with Gasteiger partial charge in [0.1, 0.15) is 11.6 Å². The maximum Gasteiger partial charge on any atom is 0.225 e. The second-order valence-electron chi connectivity index (χ2n) is 10.7. The fraction of sp³-hybridized carbons (Fsp3) is 0.688. The highest BCUT2D eigenvalue weighted by Gasteiger charge is 2.08. The first-order chi connectivity index (χ1) is 18.6. The molecule has 0 bridgehead atoms. The highest BCUT2D eigenvalue weighted by Crippen LogP contribution is 2.18. The molecule has 212 valence electrons. The van der Waals surface area contributed by atoms with Crippen molar-refractivity contribution in [3.63, 3.8) is 0 Å². The predicted octanol–water partition coefficient (Wildman–Crippen LogP) is 9.35. The Morgan fingerprint density at radius 3 is 1.24 bits per heavy atom. The lowest BCUT2D eigenvalue weighted by Gasteiger charge is -2.08. The van der Waals surface area contributed by atoms with E-state index in [-0.39, 0.29) is 11.8 Å². The smallest absolute Gasteiger partial charge is 0.225 e. The molecule has 0 atom stereocenters. The van der Waals surface area contributed by atoms with Gasteiger partial charge in [-0.2, -0.15) is 0 Å². The molecule has 0 spiro atoms. The van der Waals surface area contributed by atoms with Crippen LogP contribution in [0.5, 0.6) is 0 Å². The zero-order valence-electron chi connectivity index (χ0n) is 24.2. The number of rotatable bonds is 22. The maximum atomic E-state index is 12.4. The number of anilines is 2. The molecule has 0 aliphatic rings. The van der Waals surface area contributed by atoms with Crippen LogP contribution in [0, 0.1) is 0 Å². The number of carbonyl (C=O) groups is 2. The topological polar surface area (TPSA) is 84.0 Å². The number of nitrogens with zero attached hydrogens (tertiary/aromatic N) is 2. The first kappa shape index (κ1) is 31.7. The third kappa shape index (κ3) is 14.4. The van der Waals surface area contributed by atoms with Crippen LogP contribution >= 0.6 is 0 Å². The molecule has 0 saturated carbocycles. The van der Waals surface area contributed by atoms with Gasteiger partial charge in [-0.05, 0) is 37.1 Å². The standard InChI is InChI=1S/C32H52N4O2/c1-3-5-7-9-11-13-15-17-19-21-30(37)33-28-25-23-27-24-26-29(36-32(27)35-28)34-31(38)22-20-18-16-14-12-10-8-6-4-2/h23-26H,3-22H2,1-2H3,(H2,33,34,35,36,37,38). The van der Waals surface area contributed by atoms with Crippen molar-refractivity contribution in [2.75, 3.05) is 10.6 Å². The fourth-order valence-corrected chi connectivity index (χ4v) is 4.74. The molecule has 2 amide bonds. The predicted molar refractivity (Wildman–Crippen MR) is 160 cm³/mol. The number of nitrogens with one attached hydrogen (secondary N) is 2. The lowest BCUT2D eigenvalue weighted by molar-refractivity contribution is -0.117. The van der Waals surface area contributed by atoms with Crippen molar-refractivity contribution >= 4 is 34.5 Å². The van der Waals surface area contributed by atoms with E-state index in [9.17, 15) is 9.59 Å². The van der Waals surface area contributed by atoms with E-state index in [1.54, 1.807) is 12.1 Å². The Hall–Kier alpha value is -2.50. The van der Waals surface area contributed by atoms with Crippen molar-refractivity contribution < 1.29 is 9.59 Å². The van der Waals surface area contributed by atoms with E-state index in [1.807, 2.05) is 12.1 Å². The molecule has 2 aromatic rings. The lowest BCUT2D eigenvalue weighted by Crippen LogP contribution is -2.13. The van der Waals surface area contributed by atoms with Gasteiger partial charge < -0.3 is 10.6 Å².